The molecule has 0 aliphatic heterocycles. The number of hydrogen-bond donors (Lipinski definition) is 1. The number of rotatable bonds is 4. The molecule has 0 radical (unpaired) electrons. The molecule has 0 fully saturated rings. The van der Waals surface area contributed by atoms with Gasteiger partial charge in [0.05, 0.1) is 27.5 Å². The third-order valence-electron chi connectivity index (χ3n) is 2.47. The van der Waals surface area contributed by atoms with E-state index in [4.69, 9.17) is 24.4 Å². The summed E-state index contributed by atoms with van der Waals surface area (Å²) < 4.78 is 21.0. The zero-order valence-electron chi connectivity index (χ0n) is 10.4. The van der Waals surface area contributed by atoms with Crippen LogP contribution in [0.5, 0.6) is 17.2 Å². The first-order valence-corrected chi connectivity index (χ1v) is 5.21. The van der Waals surface area contributed by atoms with Gasteiger partial charge in [0.15, 0.2) is 17.3 Å². The highest BCUT2D eigenvalue weighted by molar-refractivity contribution is 5.67. The normalized spacial score (nSPS) is 10.2. The van der Waals surface area contributed by atoms with Gasteiger partial charge in [0.25, 0.3) is 6.01 Å². The lowest BCUT2D eigenvalue weighted by Gasteiger charge is -2.13. The number of nitrogen functional groups attached to an aromatic ring is 1. The number of methoxy groups -OCH3 is 3. The van der Waals surface area contributed by atoms with E-state index in [-0.39, 0.29) is 6.01 Å². The number of anilines is 1. The fourth-order valence-corrected chi connectivity index (χ4v) is 1.64. The van der Waals surface area contributed by atoms with Crippen LogP contribution in [0.3, 0.4) is 0 Å². The van der Waals surface area contributed by atoms with E-state index in [1.54, 1.807) is 33.5 Å². The highest BCUT2D eigenvalue weighted by Crippen LogP contribution is 2.41. The van der Waals surface area contributed by atoms with Crippen molar-refractivity contribution in [3.8, 4) is 28.6 Å². The van der Waals surface area contributed by atoms with Crippen molar-refractivity contribution in [2.24, 2.45) is 0 Å². The van der Waals surface area contributed by atoms with E-state index in [1.807, 2.05) is 0 Å². The summed E-state index contributed by atoms with van der Waals surface area (Å²) >= 11 is 0. The van der Waals surface area contributed by atoms with Gasteiger partial charge in [-0.1, -0.05) is 0 Å². The maximum absolute atomic E-state index is 5.45. The molecule has 2 aromatic rings. The molecule has 0 spiro atoms. The maximum atomic E-state index is 5.45. The highest BCUT2D eigenvalue weighted by Gasteiger charge is 2.15. The van der Waals surface area contributed by atoms with Crippen molar-refractivity contribution in [2.75, 3.05) is 27.1 Å². The molecule has 1 heterocycles. The molecule has 0 saturated carbocycles. The second-order valence-corrected chi connectivity index (χ2v) is 3.48. The van der Waals surface area contributed by atoms with Crippen LogP contribution >= 0.6 is 0 Å². The van der Waals surface area contributed by atoms with Gasteiger partial charge in [-0.05, 0) is 12.1 Å². The summed E-state index contributed by atoms with van der Waals surface area (Å²) in [6.45, 7) is 0. The van der Waals surface area contributed by atoms with Crippen LogP contribution in [0, 0.1) is 0 Å². The van der Waals surface area contributed by atoms with Crippen molar-refractivity contribution in [2.45, 2.75) is 0 Å². The van der Waals surface area contributed by atoms with Gasteiger partial charge in [-0.15, -0.1) is 0 Å². The van der Waals surface area contributed by atoms with Crippen LogP contribution in [0.4, 0.5) is 6.01 Å². The maximum Gasteiger partial charge on any atom is 0.292 e. The summed E-state index contributed by atoms with van der Waals surface area (Å²) in [5.41, 5.74) is 6.19. The first kappa shape index (κ1) is 12.1. The van der Waals surface area contributed by atoms with E-state index in [1.165, 1.54) is 6.20 Å². The lowest BCUT2D eigenvalue weighted by molar-refractivity contribution is 0.324. The summed E-state index contributed by atoms with van der Waals surface area (Å²) in [4.78, 5) is 3.84. The molecule has 0 saturated heterocycles. The SMILES string of the molecule is COc1cc(-c2cnc(N)o2)cc(OC)c1OC. The molecular weight excluding hydrogens is 236 g/mol. The molecule has 96 valence electrons. The molecule has 0 unspecified atom stereocenters. The van der Waals surface area contributed by atoms with Gasteiger partial charge in [-0.2, -0.15) is 0 Å². The minimum atomic E-state index is 0.110. The lowest BCUT2D eigenvalue weighted by atomic mass is 10.1. The Morgan fingerprint density at radius 3 is 2.06 bits per heavy atom. The van der Waals surface area contributed by atoms with Crippen LogP contribution in [0.2, 0.25) is 0 Å². The standard InChI is InChI=1S/C12H14N2O4/c1-15-8-4-7(10-6-14-12(13)18-10)5-9(16-2)11(8)17-3/h4-6H,1-3H3,(H2,13,14). The van der Waals surface area contributed by atoms with Gasteiger partial charge < -0.3 is 24.4 Å². The largest absolute Gasteiger partial charge is 0.493 e. The number of nitrogens with zero attached hydrogens (tertiary/aromatic N) is 1. The minimum Gasteiger partial charge on any atom is -0.493 e. The van der Waals surface area contributed by atoms with Crippen molar-refractivity contribution >= 4 is 6.01 Å². The lowest BCUT2D eigenvalue weighted by Crippen LogP contribution is -1.95. The van der Waals surface area contributed by atoms with Crippen molar-refractivity contribution in [1.29, 1.82) is 0 Å². The topological polar surface area (TPSA) is 79.7 Å². The second-order valence-electron chi connectivity index (χ2n) is 3.48. The number of oxazole rings is 1. The highest BCUT2D eigenvalue weighted by atomic mass is 16.5. The van der Waals surface area contributed by atoms with Gasteiger partial charge in [-0.25, -0.2) is 4.98 Å². The Kier molecular flexibility index (Phi) is 3.27. The van der Waals surface area contributed by atoms with Gasteiger partial charge in [-0.3, -0.25) is 0 Å². The van der Waals surface area contributed by atoms with Gasteiger partial charge in [0.2, 0.25) is 5.75 Å². The first-order chi connectivity index (χ1) is 8.69. The Bertz CT molecular complexity index is 526. The zero-order valence-corrected chi connectivity index (χ0v) is 10.4. The Morgan fingerprint density at radius 1 is 1.06 bits per heavy atom. The van der Waals surface area contributed by atoms with Crippen LogP contribution in [-0.2, 0) is 0 Å². The van der Waals surface area contributed by atoms with Gasteiger partial charge in [0.1, 0.15) is 0 Å². The molecule has 2 rings (SSSR count). The smallest absolute Gasteiger partial charge is 0.292 e. The summed E-state index contributed by atoms with van der Waals surface area (Å²) in [6, 6.07) is 3.64. The fourth-order valence-electron chi connectivity index (χ4n) is 1.64. The number of hydrogen-bond acceptors (Lipinski definition) is 6. The molecule has 0 atom stereocenters. The molecule has 2 N–H and O–H groups in total. The monoisotopic (exact) mass is 250 g/mol. The van der Waals surface area contributed by atoms with E-state index in [2.05, 4.69) is 4.98 Å². The summed E-state index contributed by atoms with van der Waals surface area (Å²) in [7, 11) is 4.65. The number of benzene rings is 1. The van der Waals surface area contributed by atoms with Crippen LogP contribution in [0.1, 0.15) is 0 Å². The molecule has 0 bridgehead atoms. The Hall–Kier alpha value is -2.37. The average molecular weight is 250 g/mol. The first-order valence-electron chi connectivity index (χ1n) is 5.21. The van der Waals surface area contributed by atoms with Crippen LogP contribution in [-0.4, -0.2) is 26.3 Å². The van der Waals surface area contributed by atoms with Gasteiger partial charge >= 0.3 is 0 Å². The third kappa shape index (κ3) is 2.04. The van der Waals surface area contributed by atoms with Crippen molar-refractivity contribution < 1.29 is 18.6 Å². The van der Waals surface area contributed by atoms with Crippen molar-refractivity contribution in [3.63, 3.8) is 0 Å². The number of aromatic nitrogens is 1. The molecule has 0 aliphatic carbocycles. The van der Waals surface area contributed by atoms with E-state index in [0.29, 0.717) is 23.0 Å². The van der Waals surface area contributed by atoms with Crippen LogP contribution in [0.25, 0.3) is 11.3 Å². The minimum absolute atomic E-state index is 0.110. The third-order valence-corrected chi connectivity index (χ3v) is 2.47. The molecule has 0 aliphatic rings. The molecule has 18 heavy (non-hydrogen) atoms. The molecule has 6 nitrogen and oxygen atoms in total. The van der Waals surface area contributed by atoms with E-state index in [9.17, 15) is 0 Å². The van der Waals surface area contributed by atoms with E-state index in [0.717, 1.165) is 5.56 Å². The molecule has 6 heteroatoms. The number of nitrogens with two attached hydrogens (primary N) is 1. The van der Waals surface area contributed by atoms with Crippen LogP contribution < -0.4 is 19.9 Å². The summed E-state index contributed by atoms with van der Waals surface area (Å²) in [5.74, 6) is 2.15. The summed E-state index contributed by atoms with van der Waals surface area (Å²) in [6.07, 6.45) is 1.54. The van der Waals surface area contributed by atoms with Crippen molar-refractivity contribution in [3.05, 3.63) is 18.3 Å². The average Bonchev–Trinajstić information content (AvgIpc) is 2.83. The molecule has 1 aromatic heterocycles. The second kappa shape index (κ2) is 4.87. The summed E-state index contributed by atoms with van der Waals surface area (Å²) in [5, 5.41) is 0. The van der Waals surface area contributed by atoms with Gasteiger partial charge in [0, 0.05) is 5.56 Å². The molecule has 0 amide bonds. The Morgan fingerprint density at radius 2 is 1.67 bits per heavy atom. The molecular formula is C12H14N2O4. The predicted octanol–water partition coefficient (Wildman–Crippen LogP) is 1.95. The van der Waals surface area contributed by atoms with E-state index >= 15 is 0 Å². The Balaban J connectivity index is 2.56. The van der Waals surface area contributed by atoms with E-state index < -0.39 is 0 Å². The Labute approximate surface area is 104 Å². The van der Waals surface area contributed by atoms with Crippen LogP contribution in [0.15, 0.2) is 22.7 Å². The predicted molar refractivity (Wildman–Crippen MR) is 66.0 cm³/mol. The molecule has 1 aromatic carbocycles. The fraction of sp³-hybridized carbons (Fsp3) is 0.250. The zero-order chi connectivity index (χ0) is 13.1. The number of ether oxygens (including phenoxy) is 3. The van der Waals surface area contributed by atoms with Crippen molar-refractivity contribution in [1.82, 2.24) is 4.98 Å². The quantitative estimate of drug-likeness (QED) is 0.893.